The van der Waals surface area contributed by atoms with E-state index in [-0.39, 0.29) is 22.8 Å². The highest BCUT2D eigenvalue weighted by atomic mass is 32.2. The summed E-state index contributed by atoms with van der Waals surface area (Å²) in [6.45, 7) is 2.26. The number of carbonyl (C=O) groups is 1. The van der Waals surface area contributed by atoms with Gasteiger partial charge in [0.15, 0.2) is 0 Å². The molecule has 7 heteroatoms. The number of carbonyl (C=O) groups excluding carboxylic acids is 1. The zero-order valence-corrected chi connectivity index (χ0v) is 15.1. The Kier molecular flexibility index (Phi) is 4.56. The van der Waals surface area contributed by atoms with E-state index in [4.69, 9.17) is 4.74 Å². The Morgan fingerprint density at radius 2 is 2.08 bits per heavy atom. The fourth-order valence-corrected chi connectivity index (χ4v) is 4.69. The standard InChI is InChI=1S/C18H24N2O4S/c21-18(14-3-4-14)20-8-7-13-5-6-17(10-15(13)12-20)25(22,23)19-11-16-2-1-9-24-16/h5-6,10,14,16,19H,1-4,7-9,11-12H2. The van der Waals surface area contributed by atoms with Crippen LogP contribution in [0.4, 0.5) is 0 Å². The average molecular weight is 364 g/mol. The molecule has 136 valence electrons. The molecule has 25 heavy (non-hydrogen) atoms. The van der Waals surface area contributed by atoms with Gasteiger partial charge in [0.25, 0.3) is 0 Å². The molecule has 2 fully saturated rings. The third-order valence-electron chi connectivity index (χ3n) is 5.26. The van der Waals surface area contributed by atoms with E-state index in [0.29, 0.717) is 19.7 Å². The second-order valence-corrected chi connectivity index (χ2v) is 8.97. The number of amides is 1. The molecule has 1 N–H and O–H groups in total. The summed E-state index contributed by atoms with van der Waals surface area (Å²) in [6.07, 6.45) is 4.62. The van der Waals surface area contributed by atoms with E-state index in [1.165, 1.54) is 0 Å². The van der Waals surface area contributed by atoms with Crippen LogP contribution in [0.2, 0.25) is 0 Å². The second-order valence-electron chi connectivity index (χ2n) is 7.20. The van der Waals surface area contributed by atoms with E-state index in [0.717, 1.165) is 49.8 Å². The van der Waals surface area contributed by atoms with E-state index in [2.05, 4.69) is 4.72 Å². The van der Waals surface area contributed by atoms with Gasteiger partial charge in [-0.15, -0.1) is 0 Å². The summed E-state index contributed by atoms with van der Waals surface area (Å²) >= 11 is 0. The van der Waals surface area contributed by atoms with E-state index < -0.39 is 10.0 Å². The van der Waals surface area contributed by atoms with Gasteiger partial charge in [-0.25, -0.2) is 13.1 Å². The van der Waals surface area contributed by atoms with Gasteiger partial charge in [0.1, 0.15) is 0 Å². The van der Waals surface area contributed by atoms with Crippen LogP contribution in [0, 0.1) is 5.92 Å². The third kappa shape index (κ3) is 3.73. The maximum atomic E-state index is 12.6. The molecule has 1 aromatic rings. The van der Waals surface area contributed by atoms with Crippen LogP contribution in [0.5, 0.6) is 0 Å². The van der Waals surface area contributed by atoms with Crippen LogP contribution in [0.3, 0.4) is 0 Å². The van der Waals surface area contributed by atoms with Gasteiger partial charge in [-0.05, 0) is 55.4 Å². The van der Waals surface area contributed by atoms with Crippen molar-refractivity contribution in [2.45, 2.75) is 49.6 Å². The van der Waals surface area contributed by atoms with Crippen molar-refractivity contribution in [2.24, 2.45) is 5.92 Å². The number of ether oxygens (including phenoxy) is 1. The first kappa shape index (κ1) is 17.0. The highest BCUT2D eigenvalue weighted by Crippen LogP contribution is 2.33. The Labute approximate surface area is 148 Å². The van der Waals surface area contributed by atoms with Crippen LogP contribution in [-0.4, -0.2) is 45.0 Å². The van der Waals surface area contributed by atoms with Crippen LogP contribution in [0.1, 0.15) is 36.8 Å². The zero-order valence-electron chi connectivity index (χ0n) is 14.2. The Balaban J connectivity index is 1.47. The second kappa shape index (κ2) is 6.70. The number of benzene rings is 1. The molecule has 0 aromatic heterocycles. The van der Waals surface area contributed by atoms with E-state index in [9.17, 15) is 13.2 Å². The largest absolute Gasteiger partial charge is 0.377 e. The Morgan fingerprint density at radius 1 is 1.24 bits per heavy atom. The molecule has 6 nitrogen and oxygen atoms in total. The number of nitrogens with zero attached hydrogens (tertiary/aromatic N) is 1. The minimum Gasteiger partial charge on any atom is -0.377 e. The summed E-state index contributed by atoms with van der Waals surface area (Å²) in [4.78, 5) is 14.4. The smallest absolute Gasteiger partial charge is 0.240 e. The first-order valence-electron chi connectivity index (χ1n) is 9.05. The van der Waals surface area contributed by atoms with Gasteiger partial charge >= 0.3 is 0 Å². The number of hydrogen-bond donors (Lipinski definition) is 1. The van der Waals surface area contributed by atoms with Gasteiger partial charge in [-0.2, -0.15) is 0 Å². The predicted molar refractivity (Wildman–Crippen MR) is 92.4 cm³/mol. The maximum Gasteiger partial charge on any atom is 0.240 e. The van der Waals surface area contributed by atoms with Gasteiger partial charge in [0.05, 0.1) is 11.0 Å². The molecular formula is C18H24N2O4S. The minimum absolute atomic E-state index is 0.0287. The summed E-state index contributed by atoms with van der Waals surface area (Å²) in [5.74, 6) is 0.414. The van der Waals surface area contributed by atoms with Crippen molar-refractivity contribution < 1.29 is 17.9 Å². The van der Waals surface area contributed by atoms with Crippen LogP contribution in [0.25, 0.3) is 0 Å². The van der Waals surface area contributed by atoms with E-state index >= 15 is 0 Å². The molecule has 3 aliphatic rings. The number of nitrogens with one attached hydrogen (secondary N) is 1. The maximum absolute atomic E-state index is 12.6. The molecule has 1 saturated heterocycles. The Morgan fingerprint density at radius 3 is 2.80 bits per heavy atom. The van der Waals surface area contributed by atoms with Gasteiger partial charge < -0.3 is 9.64 Å². The molecule has 2 heterocycles. The fourth-order valence-electron chi connectivity index (χ4n) is 3.57. The van der Waals surface area contributed by atoms with E-state index in [1.54, 1.807) is 12.1 Å². The summed E-state index contributed by atoms with van der Waals surface area (Å²) in [6, 6.07) is 5.27. The molecule has 1 amide bonds. The van der Waals surface area contributed by atoms with Crippen molar-refractivity contribution in [1.82, 2.24) is 9.62 Å². The first-order chi connectivity index (χ1) is 12.0. The lowest BCUT2D eigenvalue weighted by Crippen LogP contribution is -2.37. The lowest BCUT2D eigenvalue weighted by molar-refractivity contribution is -0.133. The monoisotopic (exact) mass is 364 g/mol. The molecule has 1 aromatic carbocycles. The summed E-state index contributed by atoms with van der Waals surface area (Å²) in [7, 11) is -3.56. The zero-order chi connectivity index (χ0) is 17.4. The van der Waals surface area contributed by atoms with Crippen molar-refractivity contribution in [1.29, 1.82) is 0 Å². The lowest BCUT2D eigenvalue weighted by Gasteiger charge is -2.29. The molecule has 2 aliphatic heterocycles. The molecule has 1 aliphatic carbocycles. The van der Waals surface area contributed by atoms with Crippen LogP contribution >= 0.6 is 0 Å². The normalized spacial score (nSPS) is 23.5. The lowest BCUT2D eigenvalue weighted by atomic mass is 9.99. The predicted octanol–water partition coefficient (Wildman–Crippen LogP) is 1.44. The molecule has 1 saturated carbocycles. The minimum atomic E-state index is -3.56. The molecule has 0 bridgehead atoms. The highest BCUT2D eigenvalue weighted by molar-refractivity contribution is 7.89. The quantitative estimate of drug-likeness (QED) is 0.858. The van der Waals surface area contributed by atoms with Crippen molar-refractivity contribution in [3.8, 4) is 0 Å². The average Bonchev–Trinajstić information content (AvgIpc) is 3.34. The molecule has 1 atom stereocenters. The van der Waals surface area contributed by atoms with Gasteiger partial charge in [-0.1, -0.05) is 6.07 Å². The SMILES string of the molecule is O=C(C1CC1)N1CCc2ccc(S(=O)(=O)NCC3CCCO3)cc2C1. The molecular weight excluding hydrogens is 340 g/mol. The van der Waals surface area contributed by atoms with Crippen molar-refractivity contribution >= 4 is 15.9 Å². The van der Waals surface area contributed by atoms with Gasteiger partial charge in [0, 0.05) is 32.2 Å². The van der Waals surface area contributed by atoms with Crippen LogP contribution in [0.15, 0.2) is 23.1 Å². The molecule has 0 spiro atoms. The van der Waals surface area contributed by atoms with Crippen molar-refractivity contribution in [2.75, 3.05) is 19.7 Å². The molecule has 4 rings (SSSR count). The van der Waals surface area contributed by atoms with Crippen LogP contribution in [-0.2, 0) is 32.5 Å². The van der Waals surface area contributed by atoms with Crippen molar-refractivity contribution in [3.05, 3.63) is 29.3 Å². The number of fused-ring (bicyclic) bond motifs is 1. The van der Waals surface area contributed by atoms with E-state index in [1.807, 2.05) is 11.0 Å². The Hall–Kier alpha value is -1.44. The van der Waals surface area contributed by atoms with Crippen LogP contribution < -0.4 is 4.72 Å². The fraction of sp³-hybridized carbons (Fsp3) is 0.611. The highest BCUT2D eigenvalue weighted by Gasteiger charge is 2.34. The molecule has 0 radical (unpaired) electrons. The number of sulfonamides is 1. The molecule has 1 unspecified atom stereocenters. The Bertz CT molecular complexity index is 767. The third-order valence-corrected chi connectivity index (χ3v) is 6.68. The van der Waals surface area contributed by atoms with Gasteiger partial charge in [-0.3, -0.25) is 4.79 Å². The summed E-state index contributed by atoms with van der Waals surface area (Å²) in [5.41, 5.74) is 2.08. The van der Waals surface area contributed by atoms with Gasteiger partial charge in [0.2, 0.25) is 15.9 Å². The van der Waals surface area contributed by atoms with Crippen molar-refractivity contribution in [3.63, 3.8) is 0 Å². The number of hydrogen-bond acceptors (Lipinski definition) is 4. The summed E-state index contributed by atoms with van der Waals surface area (Å²) in [5, 5.41) is 0. The first-order valence-corrected chi connectivity index (χ1v) is 10.5. The topological polar surface area (TPSA) is 75.7 Å². The number of rotatable bonds is 5. The summed E-state index contributed by atoms with van der Waals surface area (Å²) < 4.78 is 33.2.